The minimum Gasteiger partial charge on any atom is -0.470 e. The smallest absolute Gasteiger partial charge is 0.253 e. The lowest BCUT2D eigenvalue weighted by atomic mass is 10.1. The second kappa shape index (κ2) is 8.88. The summed E-state index contributed by atoms with van der Waals surface area (Å²) in [5, 5.41) is 9.15. The maximum absolute atomic E-state index is 13.0. The number of carbonyl (C=O) groups is 1. The van der Waals surface area contributed by atoms with E-state index in [1.807, 2.05) is 30.3 Å². The van der Waals surface area contributed by atoms with Crippen LogP contribution in [0.4, 0.5) is 5.69 Å². The zero-order valence-electron chi connectivity index (χ0n) is 16.2. The van der Waals surface area contributed by atoms with E-state index >= 15 is 0 Å². The molecule has 0 spiro atoms. The highest BCUT2D eigenvalue weighted by molar-refractivity contribution is 5.94. The molecule has 8 nitrogen and oxygen atoms in total. The lowest BCUT2D eigenvalue weighted by molar-refractivity contribution is 0.0526. The summed E-state index contributed by atoms with van der Waals surface area (Å²) in [4.78, 5) is 25.1. The van der Waals surface area contributed by atoms with Crippen molar-refractivity contribution in [1.29, 1.82) is 5.26 Å². The third-order valence-electron chi connectivity index (χ3n) is 5.20. The van der Waals surface area contributed by atoms with Crippen molar-refractivity contribution in [2.45, 2.75) is 18.9 Å². The normalized spacial score (nSPS) is 19.5. The molecule has 150 valence electrons. The fraction of sp³-hybridized carbons (Fsp3) is 0.429. The van der Waals surface area contributed by atoms with Gasteiger partial charge in [-0.05, 0) is 37.1 Å². The molecule has 0 unspecified atom stereocenters. The lowest BCUT2D eigenvalue weighted by Crippen LogP contribution is -2.44. The number of rotatable bonds is 4. The average Bonchev–Trinajstić information content (AvgIpc) is 2.80. The summed E-state index contributed by atoms with van der Waals surface area (Å²) in [7, 11) is 0. The minimum absolute atomic E-state index is 0.00789. The van der Waals surface area contributed by atoms with Gasteiger partial charge in [0, 0.05) is 43.3 Å². The summed E-state index contributed by atoms with van der Waals surface area (Å²) in [6, 6.07) is 9.74. The molecule has 8 heteroatoms. The SMILES string of the molecule is N#Cc1nccnc1O[C@H]1CCCN(C(=O)c2ccc(N3CCOCC3)cc2)C1. The van der Waals surface area contributed by atoms with Crippen molar-refractivity contribution in [2.75, 3.05) is 44.3 Å². The maximum atomic E-state index is 13.0. The van der Waals surface area contributed by atoms with Crippen LogP contribution < -0.4 is 9.64 Å². The van der Waals surface area contributed by atoms with E-state index in [1.54, 1.807) is 4.90 Å². The van der Waals surface area contributed by atoms with Crippen LogP contribution in [-0.4, -0.2) is 66.3 Å². The Labute approximate surface area is 169 Å². The van der Waals surface area contributed by atoms with Gasteiger partial charge in [-0.3, -0.25) is 4.79 Å². The maximum Gasteiger partial charge on any atom is 0.253 e. The highest BCUT2D eigenvalue weighted by atomic mass is 16.5. The van der Waals surface area contributed by atoms with Crippen LogP contribution >= 0.6 is 0 Å². The van der Waals surface area contributed by atoms with Gasteiger partial charge in [0.1, 0.15) is 12.2 Å². The molecule has 0 N–H and O–H groups in total. The quantitative estimate of drug-likeness (QED) is 0.783. The van der Waals surface area contributed by atoms with Crippen molar-refractivity contribution in [3.8, 4) is 11.9 Å². The number of hydrogen-bond acceptors (Lipinski definition) is 7. The Bertz CT molecular complexity index is 890. The molecular weight excluding hydrogens is 370 g/mol. The van der Waals surface area contributed by atoms with E-state index < -0.39 is 0 Å². The molecule has 3 heterocycles. The Kier molecular flexibility index (Phi) is 5.86. The molecule has 29 heavy (non-hydrogen) atoms. The molecular formula is C21H23N5O3. The van der Waals surface area contributed by atoms with E-state index in [-0.39, 0.29) is 23.6 Å². The molecule has 2 aliphatic heterocycles. The molecule has 0 saturated carbocycles. The first kappa shape index (κ1) is 19.2. The van der Waals surface area contributed by atoms with Crippen LogP contribution in [0.5, 0.6) is 5.88 Å². The molecule has 2 aliphatic rings. The first-order valence-electron chi connectivity index (χ1n) is 9.84. The number of anilines is 1. The van der Waals surface area contributed by atoms with E-state index in [4.69, 9.17) is 14.7 Å². The average molecular weight is 393 g/mol. The Hall–Kier alpha value is -3.18. The first-order valence-corrected chi connectivity index (χ1v) is 9.84. The van der Waals surface area contributed by atoms with Crippen molar-refractivity contribution < 1.29 is 14.3 Å². The van der Waals surface area contributed by atoms with Crippen molar-refractivity contribution in [1.82, 2.24) is 14.9 Å². The number of amides is 1. The fourth-order valence-corrected chi connectivity index (χ4v) is 3.68. The van der Waals surface area contributed by atoms with Gasteiger partial charge >= 0.3 is 0 Å². The van der Waals surface area contributed by atoms with E-state index in [2.05, 4.69) is 14.9 Å². The topological polar surface area (TPSA) is 91.6 Å². The van der Waals surface area contributed by atoms with E-state index in [0.717, 1.165) is 44.8 Å². The molecule has 2 saturated heterocycles. The Morgan fingerprint density at radius 3 is 2.66 bits per heavy atom. The van der Waals surface area contributed by atoms with Gasteiger partial charge in [-0.25, -0.2) is 9.97 Å². The molecule has 1 aromatic heterocycles. The predicted molar refractivity (Wildman–Crippen MR) is 106 cm³/mol. The summed E-state index contributed by atoms with van der Waals surface area (Å²) in [6.07, 6.45) is 4.40. The van der Waals surface area contributed by atoms with Gasteiger partial charge in [0.25, 0.3) is 11.8 Å². The summed E-state index contributed by atoms with van der Waals surface area (Å²) >= 11 is 0. The molecule has 2 fully saturated rings. The van der Waals surface area contributed by atoms with E-state index in [9.17, 15) is 4.79 Å². The Morgan fingerprint density at radius 2 is 1.90 bits per heavy atom. The van der Waals surface area contributed by atoms with Crippen LogP contribution in [0.25, 0.3) is 0 Å². The van der Waals surface area contributed by atoms with Crippen LogP contribution in [0.2, 0.25) is 0 Å². The standard InChI is InChI=1S/C21H23N5O3/c22-14-19-20(24-8-7-23-19)29-18-2-1-9-26(15-18)21(27)16-3-5-17(6-4-16)25-10-12-28-13-11-25/h3-8,18H,1-2,9-13,15H2/t18-/m0/s1. The second-order valence-electron chi connectivity index (χ2n) is 7.10. The fourth-order valence-electron chi connectivity index (χ4n) is 3.68. The lowest BCUT2D eigenvalue weighted by Gasteiger charge is -2.33. The van der Waals surface area contributed by atoms with Gasteiger partial charge < -0.3 is 19.3 Å². The molecule has 1 amide bonds. The van der Waals surface area contributed by atoms with Crippen molar-refractivity contribution >= 4 is 11.6 Å². The highest BCUT2D eigenvalue weighted by Gasteiger charge is 2.27. The molecule has 0 bridgehead atoms. The monoisotopic (exact) mass is 393 g/mol. The van der Waals surface area contributed by atoms with E-state index in [1.165, 1.54) is 12.4 Å². The van der Waals surface area contributed by atoms with Gasteiger partial charge in [-0.2, -0.15) is 5.26 Å². The van der Waals surface area contributed by atoms with Gasteiger partial charge in [0.2, 0.25) is 5.69 Å². The van der Waals surface area contributed by atoms with Gasteiger partial charge in [0.15, 0.2) is 0 Å². The number of ether oxygens (including phenoxy) is 2. The number of aromatic nitrogens is 2. The van der Waals surface area contributed by atoms with E-state index in [0.29, 0.717) is 18.7 Å². The zero-order chi connectivity index (χ0) is 20.1. The largest absolute Gasteiger partial charge is 0.470 e. The van der Waals surface area contributed by atoms with Crippen LogP contribution in [0.3, 0.4) is 0 Å². The minimum atomic E-state index is -0.205. The number of carbonyl (C=O) groups excluding carboxylic acids is 1. The number of benzene rings is 1. The predicted octanol–water partition coefficient (Wildman–Crippen LogP) is 1.87. The number of nitrogens with zero attached hydrogens (tertiary/aromatic N) is 5. The Morgan fingerprint density at radius 1 is 1.14 bits per heavy atom. The molecule has 2 aromatic rings. The summed E-state index contributed by atoms with van der Waals surface area (Å²) in [5.41, 5.74) is 1.94. The number of nitriles is 1. The molecule has 1 aromatic carbocycles. The van der Waals surface area contributed by atoms with Gasteiger partial charge in [-0.1, -0.05) is 0 Å². The summed E-state index contributed by atoms with van der Waals surface area (Å²) < 4.78 is 11.3. The Balaban J connectivity index is 1.40. The molecule has 4 rings (SSSR count). The number of piperidine rings is 1. The first-order chi connectivity index (χ1) is 14.2. The van der Waals surface area contributed by atoms with Crippen LogP contribution in [0.15, 0.2) is 36.7 Å². The zero-order valence-corrected chi connectivity index (χ0v) is 16.2. The van der Waals surface area contributed by atoms with Crippen molar-refractivity contribution in [2.24, 2.45) is 0 Å². The van der Waals surface area contributed by atoms with Crippen molar-refractivity contribution in [3.63, 3.8) is 0 Å². The number of hydrogen-bond donors (Lipinski definition) is 0. The van der Waals surface area contributed by atoms with Crippen LogP contribution in [0.1, 0.15) is 28.9 Å². The molecule has 0 radical (unpaired) electrons. The number of likely N-dealkylation sites (tertiary alicyclic amines) is 1. The second-order valence-corrected chi connectivity index (χ2v) is 7.10. The van der Waals surface area contributed by atoms with Gasteiger partial charge in [0.05, 0.1) is 19.8 Å². The third-order valence-corrected chi connectivity index (χ3v) is 5.20. The molecule has 0 aliphatic carbocycles. The van der Waals surface area contributed by atoms with Crippen LogP contribution in [0, 0.1) is 11.3 Å². The number of morpholine rings is 1. The third kappa shape index (κ3) is 4.46. The van der Waals surface area contributed by atoms with Crippen molar-refractivity contribution in [3.05, 3.63) is 47.9 Å². The summed E-state index contributed by atoms with van der Waals surface area (Å²) in [5.74, 6) is 0.218. The molecule has 1 atom stereocenters. The van der Waals surface area contributed by atoms with Crippen LogP contribution in [-0.2, 0) is 4.74 Å². The highest BCUT2D eigenvalue weighted by Crippen LogP contribution is 2.22. The summed E-state index contributed by atoms with van der Waals surface area (Å²) in [6.45, 7) is 4.35. The van der Waals surface area contributed by atoms with Gasteiger partial charge in [-0.15, -0.1) is 0 Å².